The van der Waals surface area contributed by atoms with Crippen LogP contribution in [0.25, 0.3) is 14.9 Å². The first-order chi connectivity index (χ1) is 27.2. The van der Waals surface area contributed by atoms with E-state index in [9.17, 15) is 0 Å². The third-order valence-electron chi connectivity index (χ3n) is 6.38. The third kappa shape index (κ3) is 16.6. The van der Waals surface area contributed by atoms with E-state index in [4.69, 9.17) is 120 Å². The molecule has 294 valence electrons. The minimum atomic E-state index is -2.19. The van der Waals surface area contributed by atoms with Crippen LogP contribution in [0.5, 0.6) is 34.5 Å². The lowest BCUT2D eigenvalue weighted by molar-refractivity contribution is -0.345. The van der Waals surface area contributed by atoms with Gasteiger partial charge in [-0.15, -0.1) is 0 Å². The Hall–Kier alpha value is -6.05. The average Bonchev–Trinajstić information content (AvgIpc) is 3.20. The second-order valence-electron chi connectivity index (χ2n) is 10.4. The number of carboxylic acids is 2. The van der Waals surface area contributed by atoms with Gasteiger partial charge in [0.25, 0.3) is 0 Å². The lowest BCUT2D eigenvalue weighted by Gasteiger charge is -2.03. The second kappa shape index (κ2) is 24.6. The van der Waals surface area contributed by atoms with Crippen molar-refractivity contribution in [1.82, 2.24) is 0 Å². The van der Waals surface area contributed by atoms with Gasteiger partial charge in [0.15, 0.2) is 14.9 Å². The molecule has 0 radical (unpaired) electrons. The van der Waals surface area contributed by atoms with Crippen molar-refractivity contribution in [3.05, 3.63) is 172 Å². The van der Waals surface area contributed by atoms with Crippen LogP contribution >= 0.6 is 69.6 Å². The van der Waals surface area contributed by atoms with E-state index in [0.717, 1.165) is 0 Å². The van der Waals surface area contributed by atoms with E-state index in [1.165, 1.54) is 18.2 Å². The Morgan fingerprint density at radius 3 is 0.793 bits per heavy atom. The topological polar surface area (TPSA) is 192 Å². The molecule has 0 aliphatic carbocycles. The number of rotatable bonds is 6. The second-order valence-corrected chi connectivity index (χ2v) is 13.0. The van der Waals surface area contributed by atoms with Crippen LogP contribution in [0.1, 0.15) is 0 Å². The average molecular weight is 922 g/mol. The van der Waals surface area contributed by atoms with Gasteiger partial charge in [-0.05, 0) is 109 Å². The SMILES string of the molecule is N#[N+]c1cc(Cl)ccc1Oc1ccc(Cl)cc1.N#[N+]c1cc(Cl)ccc1Oc1ccc(Cl)cc1.N#[N+]c1cc(Cl)ccc1Oc1ccc(Cl)cc1.O=C([O-])C(=O)[O-].[Cl-]. The molecular weight excluding hydrogens is 901 g/mol. The van der Waals surface area contributed by atoms with Crippen molar-refractivity contribution in [3.63, 3.8) is 0 Å². The molecule has 0 saturated heterocycles. The first kappa shape index (κ1) is 48.1. The standard InChI is InChI=1S/3C12H7Cl2N2O.C2H2O4.ClH/c3*13-8-1-4-10(5-2-8)17-12-6-3-9(14)7-11(12)16-15;3-1(4)2(5)6;/h3*1-7H;(H,3,4)(H,5,6);1H/q3*+1;;/p-3. The molecule has 6 aromatic rings. The number of diazo groups is 3. The summed E-state index contributed by atoms with van der Waals surface area (Å²) in [6.07, 6.45) is 0. The van der Waals surface area contributed by atoms with Crippen molar-refractivity contribution >= 4 is 98.6 Å². The van der Waals surface area contributed by atoms with E-state index in [1.807, 2.05) is 0 Å². The summed E-state index contributed by atoms with van der Waals surface area (Å²) in [5.74, 6) is -1.33. The molecule has 6 aromatic carbocycles. The molecule has 0 N–H and O–H groups in total. The third-order valence-corrected chi connectivity index (χ3v) is 7.84. The van der Waals surface area contributed by atoms with Crippen LogP contribution in [-0.2, 0) is 9.59 Å². The highest BCUT2D eigenvalue weighted by Gasteiger charge is 2.18. The van der Waals surface area contributed by atoms with Gasteiger partial charge in [-0.3, -0.25) is 0 Å². The summed E-state index contributed by atoms with van der Waals surface area (Å²) in [4.78, 5) is 27.2. The van der Waals surface area contributed by atoms with Gasteiger partial charge >= 0.3 is 17.1 Å². The van der Waals surface area contributed by atoms with E-state index < -0.39 is 11.9 Å². The molecule has 13 nitrogen and oxygen atoms in total. The smallest absolute Gasteiger partial charge is 0.428 e. The van der Waals surface area contributed by atoms with Crippen molar-refractivity contribution in [2.45, 2.75) is 0 Å². The van der Waals surface area contributed by atoms with Gasteiger partial charge in [-0.2, -0.15) is 0 Å². The Morgan fingerprint density at radius 2 is 0.603 bits per heavy atom. The number of hydrogen-bond acceptors (Lipinski definition) is 10. The number of aliphatic carboxylic acids is 2. The summed E-state index contributed by atoms with van der Waals surface area (Å²) < 4.78 is 16.6. The molecule has 0 aromatic heterocycles. The van der Waals surface area contributed by atoms with Gasteiger partial charge in [-0.1, -0.05) is 69.6 Å². The molecular formula is C38H21Cl7N6O7. The predicted octanol–water partition coefficient (Wildman–Crippen LogP) is 9.30. The first-order valence-corrected chi connectivity index (χ1v) is 17.6. The summed E-state index contributed by atoms with van der Waals surface area (Å²) in [6.45, 7) is 0. The lowest BCUT2D eigenvalue weighted by atomic mass is 10.3. The molecule has 0 aliphatic rings. The fourth-order valence-corrected chi connectivity index (χ4v) is 4.73. The zero-order valence-electron chi connectivity index (χ0n) is 28.8. The Labute approximate surface area is 366 Å². The Balaban J connectivity index is 0.000000278. The maximum absolute atomic E-state index is 8.93. The van der Waals surface area contributed by atoms with Crippen LogP contribution in [0, 0.1) is 16.2 Å². The van der Waals surface area contributed by atoms with Gasteiger partial charge in [0.2, 0.25) is 33.4 Å². The van der Waals surface area contributed by atoms with Crippen molar-refractivity contribution in [2.24, 2.45) is 0 Å². The molecule has 20 heteroatoms. The van der Waals surface area contributed by atoms with Crippen LogP contribution in [0.15, 0.2) is 127 Å². The molecule has 0 bridgehead atoms. The number of benzene rings is 6. The number of carbonyl (C=O) groups excluding carboxylic acids is 2. The van der Waals surface area contributed by atoms with Crippen LogP contribution in [0.3, 0.4) is 0 Å². The summed E-state index contributed by atoms with van der Waals surface area (Å²) in [5.41, 5.74) is 0.812. The van der Waals surface area contributed by atoms with Crippen LogP contribution in [0.4, 0.5) is 17.1 Å². The number of nitrogens with zero attached hydrogens (tertiary/aromatic N) is 6. The molecule has 0 aliphatic heterocycles. The summed E-state index contributed by atoms with van der Waals surface area (Å²) in [7, 11) is 0. The fraction of sp³-hybridized carbons (Fsp3) is 0. The number of hydrogen-bond donors (Lipinski definition) is 0. The van der Waals surface area contributed by atoms with Gasteiger partial charge in [0, 0.05) is 30.1 Å². The van der Waals surface area contributed by atoms with Crippen LogP contribution < -0.4 is 36.8 Å². The monoisotopic (exact) mass is 918 g/mol. The number of carbonyl (C=O) groups is 2. The minimum absolute atomic E-state index is 0. The molecule has 0 amide bonds. The fourth-order valence-electron chi connectivity index (χ4n) is 3.85. The number of halogens is 7. The van der Waals surface area contributed by atoms with E-state index in [-0.39, 0.29) is 29.5 Å². The highest BCUT2D eigenvalue weighted by Crippen LogP contribution is 2.36. The van der Waals surface area contributed by atoms with E-state index >= 15 is 0 Å². The van der Waals surface area contributed by atoms with Crippen molar-refractivity contribution in [2.75, 3.05) is 0 Å². The van der Waals surface area contributed by atoms with Gasteiger partial charge in [0.1, 0.15) is 17.2 Å². The molecule has 0 spiro atoms. The summed E-state index contributed by atoms with van der Waals surface area (Å²) >= 11 is 34.6. The molecule has 0 atom stereocenters. The predicted molar refractivity (Wildman–Crippen MR) is 213 cm³/mol. The van der Waals surface area contributed by atoms with Crippen LogP contribution in [0.2, 0.25) is 30.1 Å². The highest BCUT2D eigenvalue weighted by molar-refractivity contribution is 6.32. The van der Waals surface area contributed by atoms with Crippen molar-refractivity contribution in [1.29, 1.82) is 16.2 Å². The Bertz CT molecular complexity index is 2190. The molecule has 0 saturated carbocycles. The normalized spacial score (nSPS) is 9.29. The number of ether oxygens (including phenoxy) is 3. The Kier molecular flexibility index (Phi) is 20.4. The molecule has 58 heavy (non-hydrogen) atoms. The molecule has 6 rings (SSSR count). The highest BCUT2D eigenvalue weighted by atomic mass is 35.5. The zero-order chi connectivity index (χ0) is 41.9. The molecule has 0 heterocycles. The summed E-state index contributed by atoms with van der Waals surface area (Å²) in [5, 5.41) is 47.6. The van der Waals surface area contributed by atoms with Crippen molar-refractivity contribution in [3.8, 4) is 34.5 Å². The van der Waals surface area contributed by atoms with Gasteiger partial charge in [0.05, 0.1) is 30.1 Å². The maximum Gasteiger partial charge on any atom is 0.428 e. The minimum Gasteiger partial charge on any atom is -1.00 e. The van der Waals surface area contributed by atoms with Gasteiger partial charge in [-0.25, -0.2) is 0 Å². The van der Waals surface area contributed by atoms with E-state index in [0.29, 0.717) is 64.6 Å². The number of carboxylic acid groups (broad SMARTS) is 2. The summed E-state index contributed by atoms with van der Waals surface area (Å²) in [6, 6.07) is 35.0. The molecule has 0 unspecified atom stereocenters. The first-order valence-electron chi connectivity index (χ1n) is 15.4. The maximum atomic E-state index is 8.93. The van der Waals surface area contributed by atoms with Gasteiger partial charge < -0.3 is 46.4 Å². The van der Waals surface area contributed by atoms with Crippen molar-refractivity contribution < 1.29 is 46.4 Å². The van der Waals surface area contributed by atoms with E-state index in [1.54, 1.807) is 109 Å². The zero-order valence-corrected chi connectivity index (χ0v) is 34.1. The molecule has 0 fully saturated rings. The largest absolute Gasteiger partial charge is 1.00 e. The van der Waals surface area contributed by atoms with E-state index in [2.05, 4.69) is 14.9 Å². The van der Waals surface area contributed by atoms with Crippen LogP contribution in [-0.4, -0.2) is 11.9 Å². The Morgan fingerprint density at radius 1 is 0.397 bits per heavy atom. The lowest BCUT2D eigenvalue weighted by Crippen LogP contribution is -3.00. The quantitative estimate of drug-likeness (QED) is 0.115.